The standard InChI is InChI=1S/C10H18N2O2S/c1-7(9(11)15)10(13)12-5-4-8-3-2-6-14-8/h7-8H,2-6H2,1H3,(H2,11,15)(H,12,13). The number of carbonyl (C=O) groups is 1. The Morgan fingerprint density at radius 2 is 2.47 bits per heavy atom. The molecule has 1 heterocycles. The largest absolute Gasteiger partial charge is 0.393 e. The lowest BCUT2D eigenvalue weighted by molar-refractivity contribution is -0.122. The number of nitrogens with two attached hydrogens (primary N) is 1. The summed E-state index contributed by atoms with van der Waals surface area (Å²) in [6.07, 6.45) is 3.41. The van der Waals surface area contributed by atoms with Crippen molar-refractivity contribution in [2.45, 2.75) is 32.3 Å². The Labute approximate surface area is 95.5 Å². The summed E-state index contributed by atoms with van der Waals surface area (Å²) >= 11 is 4.74. The molecule has 0 aromatic rings. The third-order valence-corrected chi connectivity index (χ3v) is 2.96. The SMILES string of the molecule is CC(C(=O)NCCC1CCCO1)C(N)=S. The summed E-state index contributed by atoms with van der Waals surface area (Å²) in [5.74, 6) is -0.481. The van der Waals surface area contributed by atoms with Crippen molar-refractivity contribution in [3.63, 3.8) is 0 Å². The van der Waals surface area contributed by atoms with Crippen LogP contribution in [0, 0.1) is 5.92 Å². The highest BCUT2D eigenvalue weighted by molar-refractivity contribution is 7.80. The average molecular weight is 230 g/mol. The zero-order chi connectivity index (χ0) is 11.3. The van der Waals surface area contributed by atoms with Gasteiger partial charge in [0.1, 0.15) is 0 Å². The van der Waals surface area contributed by atoms with Crippen LogP contribution < -0.4 is 11.1 Å². The first-order chi connectivity index (χ1) is 7.11. The number of amides is 1. The van der Waals surface area contributed by atoms with Crippen LogP contribution in [0.5, 0.6) is 0 Å². The molecule has 0 spiro atoms. The third kappa shape index (κ3) is 4.13. The van der Waals surface area contributed by atoms with Crippen molar-refractivity contribution in [3.8, 4) is 0 Å². The number of hydrogen-bond donors (Lipinski definition) is 2. The summed E-state index contributed by atoms with van der Waals surface area (Å²) < 4.78 is 5.44. The molecule has 3 N–H and O–H groups in total. The van der Waals surface area contributed by atoms with Crippen LogP contribution >= 0.6 is 12.2 Å². The lowest BCUT2D eigenvalue weighted by Gasteiger charge is -2.12. The van der Waals surface area contributed by atoms with E-state index in [4.69, 9.17) is 22.7 Å². The van der Waals surface area contributed by atoms with Crippen molar-refractivity contribution in [2.24, 2.45) is 11.7 Å². The van der Waals surface area contributed by atoms with Gasteiger partial charge in [0, 0.05) is 13.2 Å². The summed E-state index contributed by atoms with van der Waals surface area (Å²) in [6.45, 7) is 3.20. The van der Waals surface area contributed by atoms with Gasteiger partial charge in [-0.05, 0) is 26.2 Å². The van der Waals surface area contributed by atoms with Gasteiger partial charge >= 0.3 is 0 Å². The van der Waals surface area contributed by atoms with Crippen LogP contribution in [0.1, 0.15) is 26.2 Å². The highest BCUT2D eigenvalue weighted by Crippen LogP contribution is 2.14. The number of nitrogens with one attached hydrogen (secondary N) is 1. The van der Waals surface area contributed by atoms with Gasteiger partial charge in [-0.2, -0.15) is 0 Å². The van der Waals surface area contributed by atoms with Gasteiger partial charge in [-0.1, -0.05) is 12.2 Å². The molecule has 5 heteroatoms. The van der Waals surface area contributed by atoms with Gasteiger partial charge in [0.25, 0.3) is 0 Å². The molecule has 1 rings (SSSR count). The van der Waals surface area contributed by atoms with Gasteiger partial charge < -0.3 is 15.8 Å². The van der Waals surface area contributed by atoms with Gasteiger partial charge in [0.15, 0.2) is 0 Å². The maximum Gasteiger partial charge on any atom is 0.229 e. The summed E-state index contributed by atoms with van der Waals surface area (Å²) in [7, 11) is 0. The molecular formula is C10H18N2O2S. The molecule has 0 radical (unpaired) electrons. The van der Waals surface area contributed by atoms with Crippen LogP contribution in [-0.2, 0) is 9.53 Å². The normalized spacial score (nSPS) is 22.3. The maximum absolute atomic E-state index is 11.4. The first-order valence-corrected chi connectivity index (χ1v) is 5.70. The minimum Gasteiger partial charge on any atom is -0.393 e. The Kier molecular flexibility index (Phi) is 4.98. The van der Waals surface area contributed by atoms with E-state index in [0.29, 0.717) is 12.6 Å². The van der Waals surface area contributed by atoms with Gasteiger partial charge in [0.05, 0.1) is 17.0 Å². The van der Waals surface area contributed by atoms with Gasteiger partial charge in [-0.25, -0.2) is 0 Å². The lowest BCUT2D eigenvalue weighted by Crippen LogP contribution is -2.37. The van der Waals surface area contributed by atoms with Gasteiger partial charge in [-0.15, -0.1) is 0 Å². The Morgan fingerprint density at radius 1 is 1.73 bits per heavy atom. The monoisotopic (exact) mass is 230 g/mol. The highest BCUT2D eigenvalue weighted by atomic mass is 32.1. The fourth-order valence-corrected chi connectivity index (χ4v) is 1.62. The topological polar surface area (TPSA) is 64.3 Å². The summed E-state index contributed by atoms with van der Waals surface area (Å²) in [5.41, 5.74) is 5.38. The van der Waals surface area contributed by atoms with Crippen LogP contribution in [0.25, 0.3) is 0 Å². The first-order valence-electron chi connectivity index (χ1n) is 5.30. The molecule has 2 atom stereocenters. The van der Waals surface area contributed by atoms with Crippen LogP contribution in [0.2, 0.25) is 0 Å². The van der Waals surface area contributed by atoms with Crippen LogP contribution in [0.4, 0.5) is 0 Å². The Morgan fingerprint density at radius 3 is 3.00 bits per heavy atom. The molecule has 1 fully saturated rings. The van der Waals surface area contributed by atoms with Crippen molar-refractivity contribution in [3.05, 3.63) is 0 Å². The predicted octanol–water partition coefficient (Wildman–Crippen LogP) is 0.594. The number of hydrogen-bond acceptors (Lipinski definition) is 3. The maximum atomic E-state index is 11.4. The highest BCUT2D eigenvalue weighted by Gasteiger charge is 2.17. The van der Waals surface area contributed by atoms with E-state index in [0.717, 1.165) is 25.9 Å². The smallest absolute Gasteiger partial charge is 0.229 e. The summed E-state index contributed by atoms with van der Waals surface area (Å²) in [4.78, 5) is 11.7. The lowest BCUT2D eigenvalue weighted by atomic mass is 10.1. The summed E-state index contributed by atoms with van der Waals surface area (Å²) in [6, 6.07) is 0. The van der Waals surface area contributed by atoms with Crippen molar-refractivity contribution >= 4 is 23.1 Å². The van der Waals surface area contributed by atoms with E-state index in [9.17, 15) is 4.79 Å². The van der Waals surface area contributed by atoms with Crippen LogP contribution in [0.3, 0.4) is 0 Å². The van der Waals surface area contributed by atoms with E-state index in [-0.39, 0.29) is 16.8 Å². The predicted molar refractivity (Wildman–Crippen MR) is 62.6 cm³/mol. The zero-order valence-electron chi connectivity index (χ0n) is 8.99. The molecule has 0 aliphatic carbocycles. The minimum atomic E-state index is -0.385. The fraction of sp³-hybridized carbons (Fsp3) is 0.800. The Bertz CT molecular complexity index is 240. The van der Waals surface area contributed by atoms with Crippen molar-refractivity contribution < 1.29 is 9.53 Å². The average Bonchev–Trinajstić information content (AvgIpc) is 2.69. The molecule has 1 aliphatic rings. The number of rotatable bonds is 5. The molecule has 4 nitrogen and oxygen atoms in total. The quantitative estimate of drug-likeness (QED) is 0.679. The van der Waals surface area contributed by atoms with Crippen molar-refractivity contribution in [2.75, 3.05) is 13.2 Å². The van der Waals surface area contributed by atoms with Gasteiger partial charge in [-0.3, -0.25) is 4.79 Å². The van der Waals surface area contributed by atoms with Crippen molar-refractivity contribution in [1.82, 2.24) is 5.32 Å². The molecule has 0 aromatic heterocycles. The Hall–Kier alpha value is -0.680. The minimum absolute atomic E-state index is 0.0968. The molecule has 1 saturated heterocycles. The van der Waals surface area contributed by atoms with Crippen LogP contribution in [0.15, 0.2) is 0 Å². The molecular weight excluding hydrogens is 212 g/mol. The van der Waals surface area contributed by atoms with Crippen molar-refractivity contribution in [1.29, 1.82) is 0 Å². The zero-order valence-corrected chi connectivity index (χ0v) is 9.81. The molecule has 15 heavy (non-hydrogen) atoms. The van der Waals surface area contributed by atoms with E-state index < -0.39 is 0 Å². The second kappa shape index (κ2) is 6.02. The van der Waals surface area contributed by atoms with E-state index in [1.165, 1.54) is 0 Å². The number of thiocarbonyl (C=S) groups is 1. The molecule has 86 valence electrons. The van der Waals surface area contributed by atoms with E-state index in [1.807, 2.05) is 0 Å². The molecule has 0 bridgehead atoms. The van der Waals surface area contributed by atoms with E-state index in [2.05, 4.69) is 5.32 Å². The number of ether oxygens (including phenoxy) is 1. The Balaban J connectivity index is 2.13. The molecule has 2 unspecified atom stereocenters. The fourth-order valence-electron chi connectivity index (χ4n) is 1.51. The second-order valence-electron chi connectivity index (χ2n) is 3.84. The first kappa shape index (κ1) is 12.4. The molecule has 0 aromatic carbocycles. The summed E-state index contributed by atoms with van der Waals surface area (Å²) in [5, 5.41) is 2.80. The third-order valence-electron chi connectivity index (χ3n) is 2.61. The molecule has 0 saturated carbocycles. The van der Waals surface area contributed by atoms with E-state index in [1.54, 1.807) is 6.92 Å². The van der Waals surface area contributed by atoms with E-state index >= 15 is 0 Å². The van der Waals surface area contributed by atoms with Crippen LogP contribution in [-0.4, -0.2) is 30.2 Å². The second-order valence-corrected chi connectivity index (χ2v) is 4.31. The van der Waals surface area contributed by atoms with Gasteiger partial charge in [0.2, 0.25) is 5.91 Å². The molecule has 1 amide bonds. The molecule has 1 aliphatic heterocycles. The number of carbonyl (C=O) groups excluding carboxylic acids is 1.